The van der Waals surface area contributed by atoms with Crippen molar-refractivity contribution in [2.75, 3.05) is 11.3 Å². The zero-order chi connectivity index (χ0) is 15.3. The van der Waals surface area contributed by atoms with Crippen LogP contribution in [0, 0.1) is 18.8 Å². The molecule has 2 aromatic rings. The summed E-state index contributed by atoms with van der Waals surface area (Å²) >= 11 is 0. The molecule has 0 saturated carbocycles. The molecule has 0 aliphatic heterocycles. The van der Waals surface area contributed by atoms with Crippen LogP contribution in [0.15, 0.2) is 47.5 Å². The minimum atomic E-state index is -3.65. The summed E-state index contributed by atoms with van der Waals surface area (Å²) in [6, 6.07) is 9.68. The van der Waals surface area contributed by atoms with Crippen LogP contribution in [-0.4, -0.2) is 19.9 Å². The van der Waals surface area contributed by atoms with Gasteiger partial charge in [-0.05, 0) is 42.8 Å². The summed E-state index contributed by atoms with van der Waals surface area (Å²) in [4.78, 5) is 4.18. The number of sulfonamides is 1. The maximum absolute atomic E-state index is 12.2. The van der Waals surface area contributed by atoms with Gasteiger partial charge in [0, 0.05) is 11.8 Å². The maximum atomic E-state index is 12.2. The minimum Gasteiger partial charge on any atom is -0.320 e. The van der Waals surface area contributed by atoms with Crippen LogP contribution in [0.25, 0.3) is 0 Å². The summed E-state index contributed by atoms with van der Waals surface area (Å²) in [5.74, 6) is 5.83. The second-order valence-electron chi connectivity index (χ2n) is 4.36. The van der Waals surface area contributed by atoms with Crippen molar-refractivity contribution in [2.45, 2.75) is 11.8 Å². The molecule has 1 heterocycles. The first kappa shape index (κ1) is 15.0. The Morgan fingerprint density at radius 1 is 1.19 bits per heavy atom. The third kappa shape index (κ3) is 4.05. The number of benzene rings is 1. The van der Waals surface area contributed by atoms with Crippen molar-refractivity contribution in [1.29, 1.82) is 0 Å². The third-order valence-corrected chi connectivity index (χ3v) is 4.02. The largest absolute Gasteiger partial charge is 0.320 e. The number of hydrogen-bond donors (Lipinski definition) is 2. The molecule has 0 amide bonds. The van der Waals surface area contributed by atoms with E-state index >= 15 is 0 Å². The fourth-order valence-electron chi connectivity index (χ4n) is 1.60. The zero-order valence-electron chi connectivity index (χ0n) is 11.5. The van der Waals surface area contributed by atoms with Crippen LogP contribution in [0.5, 0.6) is 0 Å². The van der Waals surface area contributed by atoms with Gasteiger partial charge in [-0.15, -0.1) is 0 Å². The molecule has 0 aliphatic rings. The molecule has 6 heteroatoms. The molecular weight excluding hydrogens is 286 g/mol. The number of aryl methyl sites for hydroxylation is 1. The van der Waals surface area contributed by atoms with E-state index in [9.17, 15) is 8.42 Å². The van der Waals surface area contributed by atoms with Gasteiger partial charge in [0.15, 0.2) is 0 Å². The number of rotatable bonds is 3. The van der Waals surface area contributed by atoms with Gasteiger partial charge >= 0.3 is 0 Å². The van der Waals surface area contributed by atoms with E-state index in [0.717, 1.165) is 5.56 Å². The smallest absolute Gasteiger partial charge is 0.263 e. The molecule has 21 heavy (non-hydrogen) atoms. The van der Waals surface area contributed by atoms with Gasteiger partial charge in [-0.1, -0.05) is 17.9 Å². The zero-order valence-corrected chi connectivity index (χ0v) is 12.3. The highest BCUT2D eigenvalue weighted by Crippen LogP contribution is 2.15. The van der Waals surface area contributed by atoms with Gasteiger partial charge in [-0.25, -0.2) is 13.4 Å². The fraction of sp³-hybridized carbons (Fsp3) is 0.133. The lowest BCUT2D eigenvalue weighted by Gasteiger charge is -2.07. The van der Waals surface area contributed by atoms with Crippen molar-refractivity contribution >= 4 is 15.8 Å². The highest BCUT2D eigenvalue weighted by molar-refractivity contribution is 7.92. The average Bonchev–Trinajstić information content (AvgIpc) is 2.48. The van der Waals surface area contributed by atoms with Gasteiger partial charge in [0.25, 0.3) is 10.0 Å². The first-order valence-corrected chi connectivity index (χ1v) is 7.74. The summed E-state index contributed by atoms with van der Waals surface area (Å²) in [7, 11) is -3.65. The molecule has 1 aromatic carbocycles. The highest BCUT2D eigenvalue weighted by Gasteiger charge is 2.14. The topological polar surface area (TPSA) is 85.1 Å². The molecule has 0 radical (unpaired) electrons. The van der Waals surface area contributed by atoms with Crippen LogP contribution in [0.3, 0.4) is 0 Å². The van der Waals surface area contributed by atoms with E-state index in [-0.39, 0.29) is 17.3 Å². The van der Waals surface area contributed by atoms with Gasteiger partial charge < -0.3 is 5.73 Å². The minimum absolute atomic E-state index is 0.156. The van der Waals surface area contributed by atoms with E-state index in [1.54, 1.807) is 30.5 Å². The monoisotopic (exact) mass is 301 g/mol. The first-order valence-electron chi connectivity index (χ1n) is 6.26. The second kappa shape index (κ2) is 6.39. The first-order chi connectivity index (χ1) is 10.0. The molecule has 0 saturated heterocycles. The van der Waals surface area contributed by atoms with Gasteiger partial charge in [0.1, 0.15) is 5.82 Å². The second-order valence-corrected chi connectivity index (χ2v) is 6.04. The van der Waals surface area contributed by atoms with Gasteiger partial charge in [0.05, 0.1) is 11.4 Å². The van der Waals surface area contributed by atoms with E-state index in [1.807, 2.05) is 6.92 Å². The van der Waals surface area contributed by atoms with E-state index in [2.05, 4.69) is 21.5 Å². The van der Waals surface area contributed by atoms with Crippen LogP contribution < -0.4 is 10.5 Å². The highest BCUT2D eigenvalue weighted by atomic mass is 32.2. The van der Waals surface area contributed by atoms with E-state index in [4.69, 9.17) is 5.73 Å². The predicted molar refractivity (Wildman–Crippen MR) is 82.2 cm³/mol. The Morgan fingerprint density at radius 3 is 2.48 bits per heavy atom. The summed E-state index contributed by atoms with van der Waals surface area (Å²) in [5, 5.41) is 0. The fourth-order valence-corrected chi connectivity index (χ4v) is 2.60. The molecule has 5 nitrogen and oxygen atoms in total. The van der Waals surface area contributed by atoms with Crippen molar-refractivity contribution < 1.29 is 8.42 Å². The third-order valence-electron chi connectivity index (χ3n) is 2.65. The Balaban J connectivity index is 2.21. The number of nitrogens with one attached hydrogen (secondary N) is 1. The molecule has 108 valence electrons. The molecule has 0 fully saturated rings. The molecule has 0 bridgehead atoms. The van der Waals surface area contributed by atoms with Crippen LogP contribution in [0.1, 0.15) is 11.1 Å². The molecular formula is C15H15N3O2S. The molecule has 2 rings (SSSR count). The standard InChI is InChI=1S/C15H15N3O2S/c1-12-4-9-15(17-11-12)18-21(19,20)14-7-5-13(6-8-14)3-2-10-16/h4-9,11H,10,16H2,1H3,(H,17,18). The van der Waals surface area contributed by atoms with Crippen molar-refractivity contribution in [2.24, 2.45) is 5.73 Å². The van der Waals surface area contributed by atoms with Crippen LogP contribution in [-0.2, 0) is 10.0 Å². The molecule has 0 atom stereocenters. The molecule has 0 spiro atoms. The van der Waals surface area contributed by atoms with Crippen molar-refractivity contribution in [3.63, 3.8) is 0 Å². The van der Waals surface area contributed by atoms with Crippen molar-refractivity contribution in [3.8, 4) is 11.8 Å². The SMILES string of the molecule is Cc1ccc(NS(=O)(=O)c2ccc(C#CCN)cc2)nc1. The van der Waals surface area contributed by atoms with Crippen LogP contribution in [0.4, 0.5) is 5.82 Å². The molecule has 1 aromatic heterocycles. The Labute approximate surface area is 124 Å². The summed E-state index contributed by atoms with van der Waals surface area (Å²) in [6.45, 7) is 2.15. The average molecular weight is 301 g/mol. The maximum Gasteiger partial charge on any atom is 0.263 e. The lowest BCUT2D eigenvalue weighted by molar-refractivity contribution is 0.601. The number of anilines is 1. The summed E-state index contributed by atoms with van der Waals surface area (Å²) < 4.78 is 26.8. The van der Waals surface area contributed by atoms with E-state index in [1.165, 1.54) is 12.1 Å². The number of hydrogen-bond acceptors (Lipinski definition) is 4. The molecule has 0 aliphatic carbocycles. The van der Waals surface area contributed by atoms with E-state index in [0.29, 0.717) is 5.56 Å². The number of aromatic nitrogens is 1. The number of nitrogens with zero attached hydrogens (tertiary/aromatic N) is 1. The van der Waals surface area contributed by atoms with Crippen LogP contribution in [0.2, 0.25) is 0 Å². The number of pyridine rings is 1. The van der Waals surface area contributed by atoms with Gasteiger partial charge in [-0.3, -0.25) is 4.72 Å². The lowest BCUT2D eigenvalue weighted by atomic mass is 10.2. The van der Waals surface area contributed by atoms with Crippen molar-refractivity contribution in [1.82, 2.24) is 4.98 Å². The van der Waals surface area contributed by atoms with Crippen molar-refractivity contribution in [3.05, 3.63) is 53.7 Å². The van der Waals surface area contributed by atoms with Gasteiger partial charge in [-0.2, -0.15) is 0 Å². The summed E-state index contributed by atoms with van der Waals surface area (Å²) in [5.41, 5.74) is 6.96. The summed E-state index contributed by atoms with van der Waals surface area (Å²) in [6.07, 6.45) is 1.60. The molecule has 3 N–H and O–H groups in total. The Bertz CT molecular complexity index is 770. The van der Waals surface area contributed by atoms with E-state index < -0.39 is 10.0 Å². The quantitative estimate of drug-likeness (QED) is 0.841. The normalized spacial score (nSPS) is 10.6. The Morgan fingerprint density at radius 2 is 1.90 bits per heavy atom. The predicted octanol–water partition coefficient (Wildman–Crippen LogP) is 1.50. The van der Waals surface area contributed by atoms with Crippen LogP contribution >= 0.6 is 0 Å². The van der Waals surface area contributed by atoms with Gasteiger partial charge in [0.2, 0.25) is 0 Å². The Kier molecular flexibility index (Phi) is 4.58. The lowest BCUT2D eigenvalue weighted by Crippen LogP contribution is -2.13. The number of nitrogens with two attached hydrogens (primary N) is 1. The Hall–Kier alpha value is -2.36. The molecule has 0 unspecified atom stereocenters.